The summed E-state index contributed by atoms with van der Waals surface area (Å²) in [6.45, 7) is 1.87. The van der Waals surface area contributed by atoms with Gasteiger partial charge < -0.3 is 9.64 Å². The Morgan fingerprint density at radius 1 is 1.14 bits per heavy atom. The zero-order valence-corrected chi connectivity index (χ0v) is 18.0. The smallest absolute Gasteiger partial charge is 0.244 e. The molecule has 2 aromatic rings. The average molecular weight is 458 g/mol. The van der Waals surface area contributed by atoms with E-state index in [9.17, 15) is 13.2 Å². The third-order valence-electron chi connectivity index (χ3n) is 5.57. The summed E-state index contributed by atoms with van der Waals surface area (Å²) in [6, 6.07) is 4.51. The Kier molecular flexibility index (Phi) is 5.74. The molecule has 0 spiro atoms. The van der Waals surface area contributed by atoms with Crippen molar-refractivity contribution >= 4 is 49.9 Å². The lowest BCUT2D eigenvalue weighted by molar-refractivity contribution is -0.141. The lowest BCUT2D eigenvalue weighted by Gasteiger charge is -2.36. The van der Waals surface area contributed by atoms with E-state index in [4.69, 9.17) is 27.9 Å². The van der Waals surface area contributed by atoms with Crippen LogP contribution < -0.4 is 4.72 Å². The third kappa shape index (κ3) is 3.96. The number of nitrogens with zero attached hydrogens (tertiary/aromatic N) is 2. The van der Waals surface area contributed by atoms with E-state index in [0.29, 0.717) is 54.9 Å². The van der Waals surface area contributed by atoms with Gasteiger partial charge in [0.2, 0.25) is 15.9 Å². The number of ether oxygens (including phenoxy) is 1. The molecule has 1 N–H and O–H groups in total. The summed E-state index contributed by atoms with van der Waals surface area (Å²) in [5.41, 5.74) is -1.12. The predicted molar refractivity (Wildman–Crippen MR) is 111 cm³/mol. The molecule has 1 amide bonds. The summed E-state index contributed by atoms with van der Waals surface area (Å²) >= 11 is 12.3. The first kappa shape index (κ1) is 20.8. The van der Waals surface area contributed by atoms with Crippen LogP contribution in [-0.4, -0.2) is 56.1 Å². The fourth-order valence-electron chi connectivity index (χ4n) is 4.05. The summed E-state index contributed by atoms with van der Waals surface area (Å²) in [4.78, 5) is 18.9. The number of fused-ring (bicyclic) bond motifs is 1. The molecule has 1 aromatic heterocycles. The maximum atomic E-state index is 13.2. The maximum Gasteiger partial charge on any atom is 0.244 e. The van der Waals surface area contributed by atoms with Crippen molar-refractivity contribution in [1.82, 2.24) is 14.6 Å². The first-order valence-corrected chi connectivity index (χ1v) is 11.7. The van der Waals surface area contributed by atoms with Gasteiger partial charge in [-0.05, 0) is 25.0 Å². The highest BCUT2D eigenvalue weighted by molar-refractivity contribution is 7.89. The maximum absolute atomic E-state index is 13.2. The summed E-state index contributed by atoms with van der Waals surface area (Å²) in [6.07, 6.45) is 3.96. The molecule has 0 unspecified atom stereocenters. The van der Waals surface area contributed by atoms with Crippen molar-refractivity contribution in [3.8, 4) is 0 Å². The summed E-state index contributed by atoms with van der Waals surface area (Å²) < 4.78 is 34.5. The molecule has 2 fully saturated rings. The summed E-state index contributed by atoms with van der Waals surface area (Å²) in [7, 11) is -3.97. The number of carbonyl (C=O) groups is 1. The second kappa shape index (κ2) is 8.00. The Labute approximate surface area is 179 Å². The van der Waals surface area contributed by atoms with Crippen LogP contribution in [0.3, 0.4) is 0 Å². The van der Waals surface area contributed by atoms with Crippen molar-refractivity contribution in [2.24, 2.45) is 0 Å². The fraction of sp³-hybridized carbons (Fsp3) is 0.474. The first-order chi connectivity index (χ1) is 13.8. The molecule has 1 aromatic carbocycles. The minimum atomic E-state index is -3.97. The predicted octanol–water partition coefficient (Wildman–Crippen LogP) is 2.99. The zero-order valence-electron chi connectivity index (χ0n) is 15.7. The number of amides is 1. The van der Waals surface area contributed by atoms with Crippen LogP contribution in [-0.2, 0) is 19.6 Å². The summed E-state index contributed by atoms with van der Waals surface area (Å²) in [5.74, 6) is -0.176. The molecule has 10 heteroatoms. The molecular formula is C19H21Cl2N3O4S. The largest absolute Gasteiger partial charge is 0.378 e. The highest BCUT2D eigenvalue weighted by Crippen LogP contribution is 2.35. The standard InChI is InChI=1S/C19H21Cl2N3O4S/c20-16-12-22-17(21)15-11-13(3-4-14(15)16)29(26,27)23-19(5-1-2-6-19)18(25)24-7-9-28-10-8-24/h3-4,11-12,23H,1-2,5-10H2. The Bertz CT molecular complexity index is 1050. The Morgan fingerprint density at radius 2 is 1.83 bits per heavy atom. The van der Waals surface area contributed by atoms with Crippen molar-refractivity contribution in [3.05, 3.63) is 34.6 Å². The first-order valence-electron chi connectivity index (χ1n) is 9.47. The second-order valence-corrected chi connectivity index (χ2v) is 9.85. The van der Waals surface area contributed by atoms with E-state index in [1.807, 2.05) is 0 Å². The number of hydrogen-bond acceptors (Lipinski definition) is 5. The van der Waals surface area contributed by atoms with E-state index >= 15 is 0 Å². The minimum absolute atomic E-state index is 0.0250. The Morgan fingerprint density at radius 3 is 2.52 bits per heavy atom. The van der Waals surface area contributed by atoms with Crippen LogP contribution in [0.4, 0.5) is 0 Å². The average Bonchev–Trinajstić information content (AvgIpc) is 3.19. The number of hydrogen-bond donors (Lipinski definition) is 1. The number of aromatic nitrogens is 1. The van der Waals surface area contributed by atoms with Gasteiger partial charge in [-0.3, -0.25) is 4.79 Å². The van der Waals surface area contributed by atoms with Gasteiger partial charge in [0.1, 0.15) is 10.7 Å². The Hall–Kier alpha value is -1.45. The second-order valence-electron chi connectivity index (χ2n) is 7.40. The van der Waals surface area contributed by atoms with Gasteiger partial charge in [0.25, 0.3) is 0 Å². The zero-order chi connectivity index (χ0) is 20.6. The van der Waals surface area contributed by atoms with E-state index < -0.39 is 15.6 Å². The van der Waals surface area contributed by atoms with Gasteiger partial charge in [0, 0.05) is 30.1 Å². The molecule has 0 atom stereocenters. The van der Waals surface area contributed by atoms with E-state index in [-0.39, 0.29) is 16.0 Å². The molecule has 1 aliphatic heterocycles. The van der Waals surface area contributed by atoms with Crippen molar-refractivity contribution in [3.63, 3.8) is 0 Å². The molecule has 156 valence electrons. The van der Waals surface area contributed by atoms with Crippen LogP contribution in [0.1, 0.15) is 25.7 Å². The minimum Gasteiger partial charge on any atom is -0.378 e. The van der Waals surface area contributed by atoms with Crippen molar-refractivity contribution < 1.29 is 17.9 Å². The lowest BCUT2D eigenvalue weighted by Crippen LogP contribution is -2.59. The van der Waals surface area contributed by atoms with E-state index in [1.54, 1.807) is 11.0 Å². The van der Waals surface area contributed by atoms with E-state index in [0.717, 1.165) is 12.8 Å². The number of rotatable bonds is 4. The normalized spacial score (nSPS) is 19.6. The number of halogens is 2. The van der Waals surface area contributed by atoms with Gasteiger partial charge in [-0.2, -0.15) is 4.72 Å². The van der Waals surface area contributed by atoms with Crippen LogP contribution >= 0.6 is 23.2 Å². The lowest BCUT2D eigenvalue weighted by atomic mass is 9.97. The highest BCUT2D eigenvalue weighted by Gasteiger charge is 2.46. The number of pyridine rings is 1. The van der Waals surface area contributed by atoms with Gasteiger partial charge in [-0.1, -0.05) is 42.1 Å². The van der Waals surface area contributed by atoms with Gasteiger partial charge >= 0.3 is 0 Å². The molecule has 2 aliphatic rings. The van der Waals surface area contributed by atoms with E-state index in [2.05, 4.69) is 9.71 Å². The topological polar surface area (TPSA) is 88.6 Å². The third-order valence-corrected chi connectivity index (χ3v) is 7.70. The van der Waals surface area contributed by atoms with Crippen molar-refractivity contribution in [1.29, 1.82) is 0 Å². The van der Waals surface area contributed by atoms with Crippen LogP contribution in [0.2, 0.25) is 10.2 Å². The Balaban J connectivity index is 1.68. The molecule has 1 saturated heterocycles. The van der Waals surface area contributed by atoms with Crippen LogP contribution in [0.5, 0.6) is 0 Å². The molecule has 2 heterocycles. The quantitative estimate of drug-likeness (QED) is 0.712. The van der Waals surface area contributed by atoms with Gasteiger partial charge in [-0.15, -0.1) is 0 Å². The number of benzene rings is 1. The summed E-state index contributed by atoms with van der Waals surface area (Å²) in [5, 5.41) is 1.62. The van der Waals surface area contributed by atoms with Gasteiger partial charge in [0.15, 0.2) is 0 Å². The molecule has 0 radical (unpaired) electrons. The van der Waals surface area contributed by atoms with Crippen LogP contribution in [0.25, 0.3) is 10.8 Å². The van der Waals surface area contributed by atoms with Crippen molar-refractivity contribution in [2.75, 3.05) is 26.3 Å². The molecule has 4 rings (SSSR count). The molecule has 0 bridgehead atoms. The molecular weight excluding hydrogens is 437 g/mol. The van der Waals surface area contributed by atoms with E-state index in [1.165, 1.54) is 18.3 Å². The number of morpholine rings is 1. The fourth-order valence-corrected chi connectivity index (χ4v) is 5.91. The van der Waals surface area contributed by atoms with Crippen molar-refractivity contribution in [2.45, 2.75) is 36.1 Å². The monoisotopic (exact) mass is 457 g/mol. The molecule has 1 aliphatic carbocycles. The molecule has 7 nitrogen and oxygen atoms in total. The van der Waals surface area contributed by atoms with Gasteiger partial charge in [-0.25, -0.2) is 13.4 Å². The van der Waals surface area contributed by atoms with Crippen LogP contribution in [0, 0.1) is 0 Å². The molecule has 1 saturated carbocycles. The van der Waals surface area contributed by atoms with Crippen LogP contribution in [0.15, 0.2) is 29.3 Å². The highest BCUT2D eigenvalue weighted by atomic mass is 35.5. The SMILES string of the molecule is O=C(N1CCOCC1)C1(NS(=O)(=O)c2ccc3c(Cl)cnc(Cl)c3c2)CCCC1. The number of sulfonamides is 1. The number of nitrogens with one attached hydrogen (secondary N) is 1. The number of carbonyl (C=O) groups excluding carboxylic acids is 1. The molecule has 29 heavy (non-hydrogen) atoms. The van der Waals surface area contributed by atoms with Gasteiger partial charge in [0.05, 0.1) is 23.1 Å².